The molecule has 1 fully saturated rings. The molecule has 0 bridgehead atoms. The topological polar surface area (TPSA) is 37.4 Å². The van der Waals surface area contributed by atoms with E-state index >= 15 is 0 Å². The number of hydrogen-bond acceptors (Lipinski definition) is 4. The highest BCUT2D eigenvalue weighted by Crippen LogP contribution is 2.38. The number of rotatable bonds is 3. The minimum absolute atomic E-state index is 0. The van der Waals surface area contributed by atoms with Crippen LogP contribution in [0.2, 0.25) is 0 Å². The summed E-state index contributed by atoms with van der Waals surface area (Å²) < 4.78 is 5.15. The van der Waals surface area contributed by atoms with E-state index in [1.165, 1.54) is 5.56 Å². The average Bonchev–Trinajstić information content (AvgIpc) is 2.39. The summed E-state index contributed by atoms with van der Waals surface area (Å²) in [4.78, 5) is 6.92. The molecular weight excluding hydrogens is 309 g/mol. The molecule has 0 amide bonds. The van der Waals surface area contributed by atoms with Crippen LogP contribution in [-0.2, 0) is 0 Å². The van der Waals surface area contributed by atoms with Crippen LogP contribution < -0.4 is 10.1 Å². The fourth-order valence-corrected chi connectivity index (χ4v) is 2.87. The molecule has 1 atom stereocenters. The maximum absolute atomic E-state index is 5.15. The Morgan fingerprint density at radius 1 is 1.19 bits per heavy atom. The number of hydrogen-bond donors (Lipinski definition) is 1. The Hall–Kier alpha value is -0.550. The van der Waals surface area contributed by atoms with Crippen molar-refractivity contribution in [2.24, 2.45) is 5.41 Å². The van der Waals surface area contributed by atoms with Crippen molar-refractivity contribution in [3.8, 4) is 5.88 Å². The summed E-state index contributed by atoms with van der Waals surface area (Å²) in [6, 6.07) is 4.49. The van der Waals surface area contributed by atoms with Crippen molar-refractivity contribution in [1.82, 2.24) is 15.2 Å². The van der Waals surface area contributed by atoms with Gasteiger partial charge in [0.1, 0.15) is 0 Å². The van der Waals surface area contributed by atoms with Crippen LogP contribution in [-0.4, -0.2) is 43.2 Å². The smallest absolute Gasteiger partial charge is 0.212 e. The lowest BCUT2D eigenvalue weighted by Crippen LogP contribution is -2.48. The third-order valence-electron chi connectivity index (χ3n) is 3.62. The Bertz CT molecular complexity index is 400. The van der Waals surface area contributed by atoms with E-state index in [-0.39, 0.29) is 30.2 Å². The predicted molar refractivity (Wildman–Crippen MR) is 91.9 cm³/mol. The largest absolute Gasteiger partial charge is 0.481 e. The van der Waals surface area contributed by atoms with E-state index in [1.807, 2.05) is 12.3 Å². The quantitative estimate of drug-likeness (QED) is 0.921. The number of halogens is 2. The van der Waals surface area contributed by atoms with Gasteiger partial charge in [-0.2, -0.15) is 0 Å². The molecule has 1 aromatic heterocycles. The molecular formula is C15H27Cl2N3O. The molecule has 0 radical (unpaired) electrons. The number of piperazine rings is 1. The lowest BCUT2D eigenvalue weighted by atomic mass is 9.81. The lowest BCUT2D eigenvalue weighted by Gasteiger charge is -2.42. The third-order valence-corrected chi connectivity index (χ3v) is 3.62. The van der Waals surface area contributed by atoms with Gasteiger partial charge in [0.2, 0.25) is 5.88 Å². The molecule has 1 aliphatic rings. The second-order valence-corrected chi connectivity index (χ2v) is 6.19. The van der Waals surface area contributed by atoms with Crippen molar-refractivity contribution in [3.63, 3.8) is 0 Å². The summed E-state index contributed by atoms with van der Waals surface area (Å²) in [5, 5.41) is 3.41. The summed E-state index contributed by atoms with van der Waals surface area (Å²) in [6.45, 7) is 11.2. The summed E-state index contributed by atoms with van der Waals surface area (Å²) >= 11 is 0. The van der Waals surface area contributed by atoms with Crippen LogP contribution in [0.15, 0.2) is 18.3 Å². The Kier molecular flexibility index (Phi) is 8.56. The first-order chi connectivity index (χ1) is 9.02. The standard InChI is InChI=1S/C15H25N3O.2ClH/c1-15(2,3)14(18-9-7-16-8-10-18)12-5-6-13(19-4)17-11-12;;/h5-6,11,14,16H,7-10H2,1-4H3;2*1H/t14-;;/m1../s1. The molecule has 21 heavy (non-hydrogen) atoms. The van der Waals surface area contributed by atoms with E-state index in [9.17, 15) is 0 Å². The van der Waals surface area contributed by atoms with Crippen LogP contribution in [0.4, 0.5) is 0 Å². The molecule has 0 saturated carbocycles. The van der Waals surface area contributed by atoms with Crippen molar-refractivity contribution < 1.29 is 4.74 Å². The number of nitrogens with zero attached hydrogens (tertiary/aromatic N) is 2. The second-order valence-electron chi connectivity index (χ2n) is 6.19. The molecule has 1 N–H and O–H groups in total. The van der Waals surface area contributed by atoms with E-state index < -0.39 is 0 Å². The molecule has 1 saturated heterocycles. The highest BCUT2D eigenvalue weighted by atomic mass is 35.5. The maximum Gasteiger partial charge on any atom is 0.212 e. The summed E-state index contributed by atoms with van der Waals surface area (Å²) in [5.74, 6) is 0.678. The Morgan fingerprint density at radius 2 is 1.81 bits per heavy atom. The van der Waals surface area contributed by atoms with Crippen LogP contribution >= 0.6 is 24.8 Å². The van der Waals surface area contributed by atoms with E-state index in [0.29, 0.717) is 11.9 Å². The van der Waals surface area contributed by atoms with Gasteiger partial charge in [0.25, 0.3) is 0 Å². The highest BCUT2D eigenvalue weighted by molar-refractivity contribution is 5.85. The van der Waals surface area contributed by atoms with Gasteiger partial charge in [-0.15, -0.1) is 24.8 Å². The van der Waals surface area contributed by atoms with Crippen LogP contribution in [0.1, 0.15) is 32.4 Å². The van der Waals surface area contributed by atoms with Crippen LogP contribution in [0.5, 0.6) is 5.88 Å². The first-order valence-corrected chi connectivity index (χ1v) is 6.97. The number of nitrogens with one attached hydrogen (secondary N) is 1. The van der Waals surface area contributed by atoms with Gasteiger partial charge < -0.3 is 10.1 Å². The van der Waals surface area contributed by atoms with Crippen molar-refractivity contribution in [3.05, 3.63) is 23.9 Å². The molecule has 4 nitrogen and oxygen atoms in total. The van der Waals surface area contributed by atoms with Gasteiger partial charge in [-0.3, -0.25) is 4.90 Å². The predicted octanol–water partition coefficient (Wildman–Crippen LogP) is 2.93. The van der Waals surface area contributed by atoms with Crippen LogP contribution in [0.3, 0.4) is 0 Å². The summed E-state index contributed by atoms with van der Waals surface area (Å²) in [5.41, 5.74) is 1.46. The Labute approximate surface area is 140 Å². The van der Waals surface area contributed by atoms with Gasteiger partial charge in [-0.05, 0) is 11.0 Å². The molecule has 0 unspecified atom stereocenters. The normalized spacial score (nSPS) is 17.3. The van der Waals surface area contributed by atoms with E-state index in [2.05, 4.69) is 42.0 Å². The monoisotopic (exact) mass is 335 g/mol. The zero-order chi connectivity index (χ0) is 13.9. The zero-order valence-electron chi connectivity index (χ0n) is 13.3. The van der Waals surface area contributed by atoms with E-state index in [0.717, 1.165) is 26.2 Å². The lowest BCUT2D eigenvalue weighted by molar-refractivity contribution is 0.0859. The molecule has 0 spiro atoms. The average molecular weight is 336 g/mol. The number of pyridine rings is 1. The fraction of sp³-hybridized carbons (Fsp3) is 0.667. The number of aromatic nitrogens is 1. The molecule has 6 heteroatoms. The molecule has 2 heterocycles. The van der Waals surface area contributed by atoms with E-state index in [4.69, 9.17) is 4.74 Å². The maximum atomic E-state index is 5.15. The number of ether oxygens (including phenoxy) is 1. The molecule has 0 aliphatic carbocycles. The molecule has 2 rings (SSSR count). The first kappa shape index (κ1) is 20.5. The molecule has 1 aliphatic heterocycles. The van der Waals surface area contributed by atoms with Crippen molar-refractivity contribution in [2.75, 3.05) is 33.3 Å². The van der Waals surface area contributed by atoms with Gasteiger partial charge in [0.15, 0.2) is 0 Å². The van der Waals surface area contributed by atoms with Gasteiger partial charge in [0, 0.05) is 44.5 Å². The number of methoxy groups -OCH3 is 1. The van der Waals surface area contributed by atoms with Gasteiger partial charge >= 0.3 is 0 Å². The van der Waals surface area contributed by atoms with Crippen LogP contribution in [0, 0.1) is 5.41 Å². The molecule has 122 valence electrons. The summed E-state index contributed by atoms with van der Waals surface area (Å²) in [6.07, 6.45) is 1.96. The fourth-order valence-electron chi connectivity index (χ4n) is 2.87. The summed E-state index contributed by atoms with van der Waals surface area (Å²) in [7, 11) is 1.65. The third kappa shape index (κ3) is 5.29. The van der Waals surface area contributed by atoms with Gasteiger partial charge in [-0.1, -0.05) is 26.8 Å². The van der Waals surface area contributed by atoms with Crippen LogP contribution in [0.25, 0.3) is 0 Å². The molecule has 0 aromatic carbocycles. The first-order valence-electron chi connectivity index (χ1n) is 6.97. The minimum atomic E-state index is 0. The zero-order valence-corrected chi connectivity index (χ0v) is 14.9. The Morgan fingerprint density at radius 3 is 2.24 bits per heavy atom. The SMILES string of the molecule is COc1ccc([C@@H](N2CCNCC2)C(C)(C)C)cn1.Cl.Cl. The van der Waals surface area contributed by atoms with Gasteiger partial charge in [-0.25, -0.2) is 4.98 Å². The molecule has 1 aromatic rings. The van der Waals surface area contributed by atoms with E-state index in [1.54, 1.807) is 7.11 Å². The van der Waals surface area contributed by atoms with Gasteiger partial charge in [0.05, 0.1) is 7.11 Å². The minimum Gasteiger partial charge on any atom is -0.481 e. The second kappa shape index (κ2) is 8.79. The van der Waals surface area contributed by atoms with Crippen molar-refractivity contribution in [1.29, 1.82) is 0 Å². The highest BCUT2D eigenvalue weighted by Gasteiger charge is 2.32. The Balaban J connectivity index is 0.00000200. The van der Waals surface area contributed by atoms with Crippen molar-refractivity contribution in [2.45, 2.75) is 26.8 Å². The van der Waals surface area contributed by atoms with Crippen molar-refractivity contribution >= 4 is 24.8 Å².